The molecule has 0 bridgehead atoms. The molecular formula is C91H76N4OPtSi-2. The number of ether oxygens (including phenoxy) is 1. The third-order valence-electron chi connectivity index (χ3n) is 16.5. The van der Waals surface area contributed by atoms with Gasteiger partial charge in [0.15, 0.2) is 8.07 Å². The molecule has 98 heavy (non-hydrogen) atoms. The van der Waals surface area contributed by atoms with Gasteiger partial charge in [-0.05, 0) is 147 Å². The summed E-state index contributed by atoms with van der Waals surface area (Å²) in [4.78, 5) is 4.64. The average Bonchev–Trinajstić information content (AvgIpc) is 0.839. The van der Waals surface area contributed by atoms with Crippen molar-refractivity contribution in [2.45, 2.75) is 84.0 Å². The molecule has 0 saturated carbocycles. The summed E-state index contributed by atoms with van der Waals surface area (Å²) in [6, 6.07) is -13.8. The maximum absolute atomic E-state index is 11.4. The molecule has 7 heteroatoms. The van der Waals surface area contributed by atoms with Crippen LogP contribution in [0.1, 0.15) is 153 Å². The van der Waals surface area contributed by atoms with Gasteiger partial charge in [0, 0.05) is 75.9 Å². The number of hydrogen-bond acceptors (Lipinski definition) is 2. The molecule has 0 unspecified atom stereocenters. The Morgan fingerprint density at radius 1 is 0.531 bits per heavy atom. The average molecular weight is 1520 g/mol. The van der Waals surface area contributed by atoms with Crippen LogP contribution in [0.4, 0.5) is 0 Å². The fourth-order valence-electron chi connectivity index (χ4n) is 11.9. The largest absolute Gasteiger partial charge is 0.510 e. The van der Waals surface area contributed by atoms with Gasteiger partial charge < -0.3 is 13.9 Å². The first kappa shape index (κ1) is 28.3. The zero-order valence-electron chi connectivity index (χ0n) is 102. The summed E-state index contributed by atoms with van der Waals surface area (Å²) < 4.78 is 493. The van der Waals surface area contributed by atoms with Crippen LogP contribution in [-0.2, 0) is 37.3 Å². The number of hydrogen-bond donors (Lipinski definition) is 0. The van der Waals surface area contributed by atoms with Crippen LogP contribution in [0, 0.1) is 25.3 Å². The number of imidazole rings is 1. The van der Waals surface area contributed by atoms with Crippen molar-refractivity contribution in [3.8, 4) is 73.2 Å². The van der Waals surface area contributed by atoms with Crippen molar-refractivity contribution in [3.05, 3.63) is 331 Å². The van der Waals surface area contributed by atoms with Crippen LogP contribution in [0.3, 0.4) is 0 Å². The second-order valence-corrected chi connectivity index (χ2v) is 26.9. The molecule has 3 heterocycles. The molecule has 1 aliphatic rings. The maximum atomic E-state index is 11.4. The molecule has 0 saturated heterocycles. The Morgan fingerprint density at radius 2 is 1.13 bits per heavy atom. The number of aromatic nitrogens is 4. The summed E-state index contributed by atoms with van der Waals surface area (Å²) in [6.07, 6.45) is -5.78. The molecule has 0 fully saturated rings. The van der Waals surface area contributed by atoms with Crippen molar-refractivity contribution in [1.29, 1.82) is 0 Å². The summed E-state index contributed by atoms with van der Waals surface area (Å²) in [5.41, 5.74) is -24.0. The summed E-state index contributed by atoms with van der Waals surface area (Å²) in [6.45, 7) is -17.5. The van der Waals surface area contributed by atoms with Crippen molar-refractivity contribution in [1.82, 2.24) is 14.1 Å². The van der Waals surface area contributed by atoms with Gasteiger partial charge in [-0.3, -0.25) is 4.57 Å². The molecule has 12 aromatic carbocycles. The summed E-state index contributed by atoms with van der Waals surface area (Å²) >= 11 is 0. The van der Waals surface area contributed by atoms with Crippen LogP contribution in [0.25, 0.3) is 94.5 Å². The van der Waals surface area contributed by atoms with E-state index in [-0.39, 0.29) is 71.8 Å². The zero-order chi connectivity index (χ0) is 110. The molecule has 5 nitrogen and oxygen atoms in total. The van der Waals surface area contributed by atoms with E-state index in [1.165, 1.54) is 49.6 Å². The van der Waals surface area contributed by atoms with Crippen molar-refractivity contribution in [2.24, 2.45) is 0 Å². The first-order chi connectivity index (χ1) is 68.1. The topological polar surface area (TPSA) is 35.9 Å². The Hall–Kier alpha value is -10.2. The van der Waals surface area contributed by atoms with Crippen LogP contribution in [0.15, 0.2) is 291 Å². The molecule has 0 atom stereocenters. The predicted molar refractivity (Wildman–Crippen MR) is 404 cm³/mol. The summed E-state index contributed by atoms with van der Waals surface area (Å²) in [5.74, 6) is -0.591. The molecule has 0 N–H and O–H groups in total. The molecule has 0 radical (unpaired) electrons. The maximum Gasteiger partial charge on any atom is 0.268 e. The third kappa shape index (κ3) is 11.3. The van der Waals surface area contributed by atoms with E-state index in [0.717, 1.165) is 51.7 Å². The van der Waals surface area contributed by atoms with E-state index < -0.39 is 347 Å². The first-order valence-electron chi connectivity index (χ1n) is 55.1. The minimum atomic E-state index is -6.94. The van der Waals surface area contributed by atoms with E-state index >= 15 is 0 Å². The van der Waals surface area contributed by atoms with Gasteiger partial charge in [0.2, 0.25) is 0 Å². The second-order valence-electron chi connectivity index (χ2n) is 23.4. The van der Waals surface area contributed by atoms with E-state index in [9.17, 15) is 50.7 Å². The zero-order valence-corrected chi connectivity index (χ0v) is 54.5. The number of para-hydroxylation sites is 1. The van der Waals surface area contributed by atoms with E-state index in [0.29, 0.717) is 16.3 Å². The fourth-order valence-corrected chi connectivity index (χ4v) is 15.5. The van der Waals surface area contributed by atoms with Gasteiger partial charge in [-0.15, -0.1) is 29.7 Å². The smallest absolute Gasteiger partial charge is 0.268 e. The van der Waals surface area contributed by atoms with Crippen LogP contribution in [0.2, 0.25) is 0 Å². The van der Waals surface area contributed by atoms with Crippen LogP contribution >= 0.6 is 0 Å². The molecule has 482 valence electrons. The van der Waals surface area contributed by atoms with Crippen LogP contribution < -0.4 is 30.1 Å². The standard InChI is InChI=1S/C91H76N4OSi.Pt/c1-62-52-87(92-60-80(62)64-30-16-10-17-31-64)95-83-43-25-24-42-76(83)77-47-46-71(59-85(77)95)96-70-34-27-33-69(58-70)93-61-94(84-49-45-65(55-86(84)93)63-28-14-9-15-29-63)88-78(56-68(89(2,3)4)57-79(88)67-44-48-81-82(54-67)91(7,8)51-50-90(81,5)6)66-32-26-41-75(53-66)97(72-35-18-11-19-36-72,73-37-20-12-21-38-73)74-39-22-13-23-40-74;/h9-49,52-57,60H,50-51H2,1-8H3;/q-2;/i1D3,5D3,6D3,7D3,8D3,9D,10D,11D,12D,13D,14D,15D,16D,17D,18D,19D,20D,21D,22D,23D,26D,28D,29D,30D,31D,32D,35D,36D,37D,38D,39D,40D,41D,44D,48D,50D2,51D2,53D,54D;. The van der Waals surface area contributed by atoms with Crippen molar-refractivity contribution in [2.75, 3.05) is 0 Å². The molecule has 3 aromatic heterocycles. The summed E-state index contributed by atoms with van der Waals surface area (Å²) in [7, 11) is -6.94. The Morgan fingerprint density at radius 3 is 1.79 bits per heavy atom. The van der Waals surface area contributed by atoms with Crippen LogP contribution in [-0.4, -0.2) is 22.2 Å². The number of aryl methyl sites for hydroxylation is 1. The first-order valence-corrected chi connectivity index (χ1v) is 31.6. The van der Waals surface area contributed by atoms with E-state index in [1.807, 2.05) is 0 Å². The SMILES string of the molecule is [2H]c1c([2H])c([2H])c(-c2ccc3c(c2)n(-c2[c-]c(Oc4[c-]c5c(cc4)c4ccccc4n5-c4cc(C([2H])([2H])[2H])c(-c5c([2H])c([2H])c([2H])c([2H])c5[2H])cn4)ccc2)[c-][n+]3-c2c(-c3c([2H])c([2H])c4c(c3[2H])C(C([2H])([2H])[2H])(C([2H])([2H])[2H])C([2H])([2H])C([2H])([2H])C4(C([2H])([2H])[2H])C([2H])([2H])[2H])cc(C(C)(C)C)cc2-c2c([2H])c([2H])c([2H])c([Si](c3c([2H])c([2H])c([2H])c([2H])c3[2H])(c3c([2H])c([2H])c([2H])c([2H])c3[2H])c3c([2H])c([2H])c([2H])c([2H])c3[2H])c2[2H])c([2H])c1[2H].[Pt]. The fraction of sp³-hybridized carbons (Fsp3) is 0.143. The number of nitrogens with zero attached hydrogens (tertiary/aromatic N) is 4. The molecule has 16 rings (SSSR count). The number of benzene rings is 12. The number of fused-ring (bicyclic) bond motifs is 5. The minimum absolute atomic E-state index is 0. The normalized spacial score (nSPS) is 22.6. The third-order valence-corrected chi connectivity index (χ3v) is 20.5. The van der Waals surface area contributed by atoms with Crippen molar-refractivity contribution < 1.29 is 100 Å². The number of rotatable bonds is 13. The Kier molecular flexibility index (Phi) is 7.31. The van der Waals surface area contributed by atoms with Gasteiger partial charge in [0.05, 0.1) is 60.6 Å². The molecular weight excluding hydrogens is 1390 g/mol. The predicted octanol–water partition coefficient (Wildman–Crippen LogP) is 19.6. The Labute approximate surface area is 663 Å². The molecule has 0 spiro atoms. The second kappa shape index (κ2) is 25.3. The monoisotopic (exact) mass is 1510 g/mol. The van der Waals surface area contributed by atoms with Gasteiger partial charge in [-0.1, -0.05) is 290 Å². The molecule has 0 aliphatic heterocycles. The van der Waals surface area contributed by atoms with E-state index in [2.05, 4.69) is 23.4 Å². The molecule has 1 aliphatic carbocycles. The van der Waals surface area contributed by atoms with Gasteiger partial charge in [-0.2, -0.15) is 18.2 Å². The van der Waals surface area contributed by atoms with Gasteiger partial charge in [0.25, 0.3) is 6.33 Å². The van der Waals surface area contributed by atoms with Gasteiger partial charge in [-0.25, -0.2) is 4.98 Å². The van der Waals surface area contributed by atoms with Gasteiger partial charge in [0.1, 0.15) is 5.82 Å². The van der Waals surface area contributed by atoms with E-state index in [4.69, 9.17) is 23.9 Å². The summed E-state index contributed by atoms with van der Waals surface area (Å²) in [5, 5.41) is -4.54. The Balaban J connectivity index is 0.0000166. The number of pyridine rings is 1. The van der Waals surface area contributed by atoms with Crippen LogP contribution in [0.5, 0.6) is 11.5 Å². The Bertz CT molecular complexity index is 7990. The molecule has 0 amide bonds. The van der Waals surface area contributed by atoms with Crippen molar-refractivity contribution >= 4 is 61.7 Å². The quantitative estimate of drug-likeness (QED) is 0.0499. The minimum Gasteiger partial charge on any atom is -0.510 e. The van der Waals surface area contributed by atoms with Gasteiger partial charge >= 0.3 is 0 Å². The van der Waals surface area contributed by atoms with E-state index in [1.54, 1.807) is 30.3 Å². The molecule has 15 aromatic rings. The van der Waals surface area contributed by atoms with Crippen molar-refractivity contribution in [3.63, 3.8) is 0 Å².